The Morgan fingerprint density at radius 2 is 1.58 bits per heavy atom. The number of nitrogens with one attached hydrogen (secondary N) is 2. The third kappa shape index (κ3) is 4.90. The summed E-state index contributed by atoms with van der Waals surface area (Å²) in [6.07, 6.45) is 0. The van der Waals surface area contributed by atoms with Crippen molar-refractivity contribution in [3.8, 4) is 16.3 Å². The first-order valence-electron chi connectivity index (χ1n) is 10.7. The topological polar surface area (TPSA) is 108 Å². The summed E-state index contributed by atoms with van der Waals surface area (Å²) in [7, 11) is -3.90. The number of fused-ring (bicyclic) bond motifs is 1. The molecule has 1 amide bonds. The van der Waals surface area contributed by atoms with E-state index in [1.54, 1.807) is 12.1 Å². The van der Waals surface area contributed by atoms with Gasteiger partial charge in [-0.05, 0) is 78.9 Å². The SMILES string of the molecule is O=C(Nc1ccc(O)c(-c2nc3ccccc3s2)c1)c1ccc(NS(=O)(=O)c2ccc(F)cc2)cc1. The molecule has 4 aromatic carbocycles. The number of hydrogen-bond acceptors (Lipinski definition) is 6. The molecule has 0 saturated carbocycles. The summed E-state index contributed by atoms with van der Waals surface area (Å²) >= 11 is 1.44. The van der Waals surface area contributed by atoms with Gasteiger partial charge in [-0.1, -0.05) is 12.1 Å². The molecule has 0 radical (unpaired) electrons. The number of sulfonamides is 1. The lowest BCUT2D eigenvalue weighted by molar-refractivity contribution is 0.102. The van der Waals surface area contributed by atoms with Gasteiger partial charge in [-0.25, -0.2) is 17.8 Å². The first-order chi connectivity index (χ1) is 17.3. The zero-order chi connectivity index (χ0) is 25.3. The van der Waals surface area contributed by atoms with Gasteiger partial charge in [0.1, 0.15) is 16.6 Å². The lowest BCUT2D eigenvalue weighted by Gasteiger charge is -2.10. The van der Waals surface area contributed by atoms with Crippen molar-refractivity contribution in [1.29, 1.82) is 0 Å². The number of rotatable bonds is 6. The molecular formula is C26H18FN3O4S2. The molecule has 0 aliphatic heterocycles. The number of nitrogens with zero attached hydrogens (tertiary/aromatic N) is 1. The van der Waals surface area contributed by atoms with Gasteiger partial charge in [0, 0.05) is 16.9 Å². The number of halogens is 1. The zero-order valence-corrected chi connectivity index (χ0v) is 20.1. The van der Waals surface area contributed by atoms with Crippen molar-refractivity contribution in [3.05, 3.63) is 102 Å². The van der Waals surface area contributed by atoms with Gasteiger partial charge in [0.2, 0.25) is 0 Å². The Labute approximate surface area is 209 Å². The number of anilines is 2. The van der Waals surface area contributed by atoms with E-state index in [1.807, 2.05) is 24.3 Å². The van der Waals surface area contributed by atoms with Crippen LogP contribution in [0.3, 0.4) is 0 Å². The van der Waals surface area contributed by atoms with Crippen LogP contribution >= 0.6 is 11.3 Å². The summed E-state index contributed by atoms with van der Waals surface area (Å²) in [5.41, 5.74) is 2.34. The summed E-state index contributed by atoms with van der Waals surface area (Å²) < 4.78 is 41.4. The van der Waals surface area contributed by atoms with E-state index in [0.29, 0.717) is 21.8 Å². The van der Waals surface area contributed by atoms with E-state index in [0.717, 1.165) is 22.3 Å². The molecule has 0 unspecified atom stereocenters. The number of phenolic OH excluding ortho intramolecular Hbond substituents is 1. The molecule has 10 heteroatoms. The zero-order valence-electron chi connectivity index (χ0n) is 18.5. The molecule has 0 spiro atoms. The van der Waals surface area contributed by atoms with Crippen LogP contribution in [-0.4, -0.2) is 24.4 Å². The van der Waals surface area contributed by atoms with Gasteiger partial charge in [0.25, 0.3) is 15.9 Å². The fraction of sp³-hybridized carbons (Fsp3) is 0. The van der Waals surface area contributed by atoms with E-state index in [4.69, 9.17) is 0 Å². The molecule has 0 atom stereocenters. The maximum absolute atomic E-state index is 13.1. The molecule has 5 rings (SSSR count). The highest BCUT2D eigenvalue weighted by Crippen LogP contribution is 2.36. The molecular weight excluding hydrogens is 501 g/mol. The largest absolute Gasteiger partial charge is 0.507 e. The molecule has 3 N–H and O–H groups in total. The average Bonchev–Trinajstić information content (AvgIpc) is 3.30. The highest BCUT2D eigenvalue weighted by atomic mass is 32.2. The third-order valence-electron chi connectivity index (χ3n) is 5.30. The van der Waals surface area contributed by atoms with Crippen LogP contribution in [0.15, 0.2) is 95.9 Å². The fourth-order valence-corrected chi connectivity index (χ4v) is 5.54. The average molecular weight is 520 g/mol. The lowest BCUT2D eigenvalue weighted by Crippen LogP contribution is -2.14. The summed E-state index contributed by atoms with van der Waals surface area (Å²) in [5.74, 6) is -0.904. The summed E-state index contributed by atoms with van der Waals surface area (Å²) in [4.78, 5) is 17.3. The number of carbonyl (C=O) groups is 1. The van der Waals surface area contributed by atoms with Crippen molar-refractivity contribution in [1.82, 2.24) is 4.98 Å². The lowest BCUT2D eigenvalue weighted by atomic mass is 10.1. The number of aromatic nitrogens is 1. The minimum atomic E-state index is -3.90. The van der Waals surface area contributed by atoms with E-state index in [2.05, 4.69) is 15.0 Å². The number of carbonyl (C=O) groups excluding carboxylic acids is 1. The Hall–Kier alpha value is -4.28. The first-order valence-corrected chi connectivity index (χ1v) is 13.0. The maximum Gasteiger partial charge on any atom is 0.261 e. The second-order valence-corrected chi connectivity index (χ2v) is 10.5. The Kier molecular flexibility index (Phi) is 6.13. The minimum Gasteiger partial charge on any atom is -0.507 e. The highest BCUT2D eigenvalue weighted by molar-refractivity contribution is 7.92. The number of phenols is 1. The van der Waals surface area contributed by atoms with Gasteiger partial charge in [-0.2, -0.15) is 0 Å². The Bertz CT molecular complexity index is 1650. The maximum atomic E-state index is 13.1. The normalized spacial score (nSPS) is 11.4. The third-order valence-corrected chi connectivity index (χ3v) is 7.77. The van der Waals surface area contributed by atoms with E-state index in [1.165, 1.54) is 53.8 Å². The van der Waals surface area contributed by atoms with Gasteiger partial charge >= 0.3 is 0 Å². The molecule has 0 aliphatic rings. The van der Waals surface area contributed by atoms with E-state index >= 15 is 0 Å². The van der Waals surface area contributed by atoms with Crippen LogP contribution in [0.4, 0.5) is 15.8 Å². The Morgan fingerprint density at radius 3 is 2.31 bits per heavy atom. The molecule has 0 bridgehead atoms. The van der Waals surface area contributed by atoms with Gasteiger partial charge in [0.15, 0.2) is 0 Å². The molecule has 5 aromatic rings. The van der Waals surface area contributed by atoms with E-state index in [-0.39, 0.29) is 16.3 Å². The number of benzene rings is 4. The van der Waals surface area contributed by atoms with Crippen LogP contribution in [0.1, 0.15) is 10.4 Å². The number of hydrogen-bond donors (Lipinski definition) is 3. The van der Waals surface area contributed by atoms with Crippen LogP contribution in [0.2, 0.25) is 0 Å². The molecule has 0 fully saturated rings. The van der Waals surface area contributed by atoms with Gasteiger partial charge in [0.05, 0.1) is 20.7 Å². The van der Waals surface area contributed by atoms with Gasteiger partial charge < -0.3 is 10.4 Å². The van der Waals surface area contributed by atoms with Crippen molar-refractivity contribution in [2.45, 2.75) is 4.90 Å². The Balaban J connectivity index is 1.31. The summed E-state index contributed by atoms with van der Waals surface area (Å²) in [6.45, 7) is 0. The van der Waals surface area contributed by atoms with Crippen molar-refractivity contribution < 1.29 is 22.7 Å². The molecule has 1 aromatic heterocycles. The summed E-state index contributed by atoms with van der Waals surface area (Å²) in [5, 5.41) is 13.8. The number of thiazole rings is 1. The molecule has 0 aliphatic carbocycles. The standard InChI is InChI=1S/C26H18FN3O4S2/c27-17-7-12-20(13-8-17)36(33,34)30-18-9-5-16(6-10-18)25(32)28-19-11-14-23(31)21(15-19)26-29-22-3-1-2-4-24(22)35-26/h1-15,30-31H,(H,28,32). The van der Waals surface area contributed by atoms with Gasteiger partial charge in [-0.15, -0.1) is 11.3 Å². The summed E-state index contributed by atoms with van der Waals surface area (Å²) in [6, 6.07) is 22.7. The molecule has 1 heterocycles. The fourth-order valence-electron chi connectivity index (χ4n) is 3.49. The number of amides is 1. The number of aromatic hydroxyl groups is 1. The van der Waals surface area contributed by atoms with Gasteiger partial charge in [-0.3, -0.25) is 9.52 Å². The first kappa shape index (κ1) is 23.5. The molecule has 36 heavy (non-hydrogen) atoms. The second-order valence-electron chi connectivity index (χ2n) is 7.81. The van der Waals surface area contributed by atoms with Crippen LogP contribution < -0.4 is 10.0 Å². The van der Waals surface area contributed by atoms with Crippen molar-refractivity contribution in [2.24, 2.45) is 0 Å². The van der Waals surface area contributed by atoms with Crippen LogP contribution in [0.5, 0.6) is 5.75 Å². The highest BCUT2D eigenvalue weighted by Gasteiger charge is 2.16. The molecule has 180 valence electrons. The smallest absolute Gasteiger partial charge is 0.261 e. The van der Waals surface area contributed by atoms with Crippen LogP contribution in [0.25, 0.3) is 20.8 Å². The predicted octanol–water partition coefficient (Wildman–Crippen LogP) is 5.86. The van der Waals surface area contributed by atoms with Crippen molar-refractivity contribution >= 4 is 48.9 Å². The van der Waals surface area contributed by atoms with Crippen molar-refractivity contribution in [2.75, 3.05) is 10.0 Å². The van der Waals surface area contributed by atoms with E-state index < -0.39 is 21.7 Å². The van der Waals surface area contributed by atoms with E-state index in [9.17, 15) is 22.7 Å². The molecule has 7 nitrogen and oxygen atoms in total. The Morgan fingerprint density at radius 1 is 0.889 bits per heavy atom. The van der Waals surface area contributed by atoms with Crippen molar-refractivity contribution in [3.63, 3.8) is 0 Å². The second kappa shape index (κ2) is 9.40. The number of para-hydroxylation sites is 1. The predicted molar refractivity (Wildman–Crippen MR) is 138 cm³/mol. The minimum absolute atomic E-state index is 0.0462. The quantitative estimate of drug-likeness (QED) is 0.244. The van der Waals surface area contributed by atoms with Crippen LogP contribution in [-0.2, 0) is 10.0 Å². The monoisotopic (exact) mass is 519 g/mol. The van der Waals surface area contributed by atoms with Crippen LogP contribution in [0, 0.1) is 5.82 Å². The molecule has 0 saturated heterocycles.